The maximum absolute atomic E-state index is 13.1. The smallest absolute Gasteiger partial charge is 0.413 e. The third kappa shape index (κ3) is 12.1. The fourth-order valence-corrected chi connectivity index (χ4v) is 7.14. The van der Waals surface area contributed by atoms with Crippen molar-refractivity contribution < 1.29 is 60.8 Å². The molecule has 1 aromatic heterocycles. The van der Waals surface area contributed by atoms with Crippen LogP contribution in [0.1, 0.15) is 81.0 Å². The van der Waals surface area contributed by atoms with Crippen molar-refractivity contribution in [2.75, 3.05) is 31.9 Å². The van der Waals surface area contributed by atoms with Gasteiger partial charge in [0.05, 0.1) is 73.3 Å². The van der Waals surface area contributed by atoms with E-state index >= 15 is 0 Å². The molecule has 0 bridgehead atoms. The second-order valence-corrected chi connectivity index (χ2v) is 15.8. The monoisotopic (exact) mass is 841 g/mol. The van der Waals surface area contributed by atoms with Crippen molar-refractivity contribution in [3.05, 3.63) is 81.7 Å². The zero-order valence-electron chi connectivity index (χ0n) is 31.1. The van der Waals surface area contributed by atoms with E-state index < -0.39 is 63.1 Å². The molecule has 1 aliphatic heterocycles. The number of primary sulfonamides is 1. The number of furan rings is 1. The summed E-state index contributed by atoms with van der Waals surface area (Å²) in [6.07, 6.45) is 2.34. The largest absolute Gasteiger partial charge is 0.467 e. The van der Waals surface area contributed by atoms with E-state index in [9.17, 15) is 32.7 Å². The van der Waals surface area contributed by atoms with Crippen LogP contribution in [0, 0.1) is 0 Å². The van der Waals surface area contributed by atoms with E-state index in [4.69, 9.17) is 56.4 Å². The number of nitrogens with zero attached hydrogens (tertiary/aromatic N) is 1. The van der Waals surface area contributed by atoms with Gasteiger partial charge in [-0.3, -0.25) is 14.5 Å². The van der Waals surface area contributed by atoms with Crippen LogP contribution in [0.15, 0.2) is 64.1 Å². The highest BCUT2D eigenvalue weighted by molar-refractivity contribution is 7.89. The van der Waals surface area contributed by atoms with Crippen LogP contribution in [0.5, 0.6) is 0 Å². The third-order valence-electron chi connectivity index (χ3n) is 8.79. The van der Waals surface area contributed by atoms with Crippen LogP contribution in [-0.4, -0.2) is 80.6 Å². The molecule has 1 fully saturated rings. The summed E-state index contributed by atoms with van der Waals surface area (Å²) in [6, 6.07) is 11.3. The van der Waals surface area contributed by atoms with Crippen molar-refractivity contribution >= 4 is 62.9 Å². The van der Waals surface area contributed by atoms with E-state index in [1.807, 2.05) is 0 Å². The zero-order chi connectivity index (χ0) is 41.1. The predicted octanol–water partition coefficient (Wildman–Crippen LogP) is 5.87. The minimum atomic E-state index is -4.22. The van der Waals surface area contributed by atoms with Crippen LogP contribution < -0.4 is 10.5 Å². The van der Waals surface area contributed by atoms with Gasteiger partial charge in [0.1, 0.15) is 10.7 Å². The number of halogens is 2. The van der Waals surface area contributed by atoms with E-state index in [-0.39, 0.29) is 55.5 Å². The molecule has 56 heavy (non-hydrogen) atoms. The number of aliphatic hydroxyl groups is 1. The number of unbranched alkanes of at least 4 members (excludes halogenated alkanes) is 3. The Hall–Kier alpha value is -4.39. The molecule has 0 saturated carbocycles. The molecule has 3 aromatic rings. The number of carbonyl (C=O) groups is 4. The first-order chi connectivity index (χ1) is 26.4. The third-order valence-corrected chi connectivity index (χ3v) is 10.4. The SMILES string of the molecule is C[C@@H]1N(C(=O)OCOC(=O)CCC(=O)OCCCCCCOC(=O)c2cc(S(N)(=O)=O)c(Cl)cc2NCc2ccco2)C(C)(C)CO[C@@]1(O)c1cccc(Cl)c1. The first-order valence-electron chi connectivity index (χ1n) is 17.6. The average Bonchev–Trinajstić information content (AvgIpc) is 3.66. The minimum Gasteiger partial charge on any atom is -0.467 e. The lowest BCUT2D eigenvalue weighted by molar-refractivity contribution is -0.295. The topological polar surface area (TPSA) is 223 Å². The second-order valence-electron chi connectivity index (χ2n) is 13.5. The van der Waals surface area contributed by atoms with Crippen molar-refractivity contribution in [1.82, 2.24) is 4.90 Å². The molecular weight excluding hydrogens is 797 g/mol. The fraction of sp³-hybridized carbons (Fsp3) is 0.459. The van der Waals surface area contributed by atoms with E-state index in [1.165, 1.54) is 23.3 Å². The molecule has 0 aliphatic carbocycles. The standard InChI is InChI=1S/C37H45Cl2N3O13S/c1-24-37(47,25-10-8-11-26(38)18-25)55-22-36(2,3)42(24)35(46)54-23-53-33(44)14-13-32(43)51-15-6-4-5-7-16-52-34(45)28-19-31(56(40,48)49)29(39)20-30(28)41-21-27-12-9-17-50-27/h8-12,17-20,24,41,47H,4-7,13-16,21-23H2,1-3H3,(H2,40,48,49)/t24-,37+/m0/s1. The Bertz CT molecular complexity index is 1960. The number of rotatable bonds is 18. The fourth-order valence-electron chi connectivity index (χ4n) is 5.85. The highest BCUT2D eigenvalue weighted by Gasteiger charge is 2.53. The molecule has 2 atom stereocenters. The van der Waals surface area contributed by atoms with Gasteiger partial charge in [-0.25, -0.2) is 23.1 Å². The average molecular weight is 843 g/mol. The van der Waals surface area contributed by atoms with Gasteiger partial charge in [-0.2, -0.15) is 0 Å². The van der Waals surface area contributed by atoms with Gasteiger partial charge < -0.3 is 38.5 Å². The molecule has 2 aromatic carbocycles. The molecule has 4 rings (SSSR count). The number of hydrogen-bond acceptors (Lipinski definition) is 14. The van der Waals surface area contributed by atoms with Gasteiger partial charge in [0.2, 0.25) is 22.6 Å². The Kier molecular flexibility index (Phi) is 15.6. The van der Waals surface area contributed by atoms with Crippen LogP contribution in [0.3, 0.4) is 0 Å². The maximum atomic E-state index is 13.1. The molecule has 1 amide bonds. The van der Waals surface area contributed by atoms with Crippen LogP contribution in [0.4, 0.5) is 10.5 Å². The summed E-state index contributed by atoms with van der Waals surface area (Å²) in [5.74, 6) is -3.49. The first kappa shape index (κ1) is 44.3. The van der Waals surface area contributed by atoms with Crippen molar-refractivity contribution in [2.24, 2.45) is 5.14 Å². The molecular formula is C37H45Cl2N3O13S. The number of amides is 1. The van der Waals surface area contributed by atoms with Gasteiger partial charge >= 0.3 is 24.0 Å². The molecule has 0 unspecified atom stereocenters. The highest BCUT2D eigenvalue weighted by atomic mass is 35.5. The summed E-state index contributed by atoms with van der Waals surface area (Å²) < 4.78 is 55.8. The number of nitrogens with two attached hydrogens (primary N) is 1. The van der Waals surface area contributed by atoms with E-state index in [0.29, 0.717) is 42.0 Å². The molecule has 0 spiro atoms. The Labute approximate surface area is 334 Å². The zero-order valence-corrected chi connectivity index (χ0v) is 33.4. The Balaban J connectivity index is 1.11. The van der Waals surface area contributed by atoms with Gasteiger partial charge in [-0.05, 0) is 82.9 Å². The molecule has 306 valence electrons. The predicted molar refractivity (Wildman–Crippen MR) is 202 cm³/mol. The summed E-state index contributed by atoms with van der Waals surface area (Å²) in [5, 5.41) is 19.8. The van der Waals surface area contributed by atoms with E-state index in [2.05, 4.69) is 5.32 Å². The Morgan fingerprint density at radius 3 is 2.27 bits per heavy atom. The summed E-state index contributed by atoms with van der Waals surface area (Å²) in [6.45, 7) is 4.66. The molecule has 16 nitrogen and oxygen atoms in total. The maximum Gasteiger partial charge on any atom is 0.413 e. The molecule has 4 N–H and O–H groups in total. The summed E-state index contributed by atoms with van der Waals surface area (Å²) >= 11 is 12.2. The Morgan fingerprint density at radius 2 is 1.62 bits per heavy atom. The van der Waals surface area contributed by atoms with Crippen molar-refractivity contribution in [3.8, 4) is 0 Å². The number of anilines is 1. The number of sulfonamides is 1. The van der Waals surface area contributed by atoms with Crippen LogP contribution in [-0.2, 0) is 55.6 Å². The minimum absolute atomic E-state index is 0.0286. The molecule has 19 heteroatoms. The number of ether oxygens (including phenoxy) is 5. The lowest BCUT2D eigenvalue weighted by atomic mass is 9.90. The van der Waals surface area contributed by atoms with Gasteiger partial charge in [0.15, 0.2) is 0 Å². The van der Waals surface area contributed by atoms with Crippen LogP contribution in [0.2, 0.25) is 10.0 Å². The number of hydrogen-bond donors (Lipinski definition) is 3. The quantitative estimate of drug-likeness (QED) is 0.0590. The summed E-state index contributed by atoms with van der Waals surface area (Å²) in [4.78, 5) is 51.3. The van der Waals surface area contributed by atoms with Crippen molar-refractivity contribution in [3.63, 3.8) is 0 Å². The molecule has 2 heterocycles. The lowest BCUT2D eigenvalue weighted by Gasteiger charge is -2.52. The Morgan fingerprint density at radius 1 is 0.946 bits per heavy atom. The number of morpholine rings is 1. The summed E-state index contributed by atoms with van der Waals surface area (Å²) in [7, 11) is -4.22. The van der Waals surface area contributed by atoms with Gasteiger partial charge in [0, 0.05) is 10.6 Å². The normalized spacial score (nSPS) is 17.8. The van der Waals surface area contributed by atoms with Crippen LogP contribution in [0.25, 0.3) is 0 Å². The van der Waals surface area contributed by atoms with E-state index in [0.717, 1.165) is 6.07 Å². The first-order valence-corrected chi connectivity index (χ1v) is 19.9. The van der Waals surface area contributed by atoms with Gasteiger partial charge in [0.25, 0.3) is 0 Å². The van der Waals surface area contributed by atoms with E-state index in [1.54, 1.807) is 51.1 Å². The number of carbonyl (C=O) groups excluding carboxylic acids is 4. The number of nitrogens with one attached hydrogen (secondary N) is 1. The molecule has 1 saturated heterocycles. The molecule has 1 aliphatic rings. The van der Waals surface area contributed by atoms with Gasteiger partial charge in [-0.15, -0.1) is 0 Å². The second kappa shape index (κ2) is 19.7. The highest BCUT2D eigenvalue weighted by Crippen LogP contribution is 2.40. The summed E-state index contributed by atoms with van der Waals surface area (Å²) in [5.41, 5.74) is -0.365. The van der Waals surface area contributed by atoms with Gasteiger partial charge in [-0.1, -0.05) is 35.3 Å². The van der Waals surface area contributed by atoms with Crippen molar-refractivity contribution in [1.29, 1.82) is 0 Å². The lowest BCUT2D eigenvalue weighted by Crippen LogP contribution is -2.66. The van der Waals surface area contributed by atoms with Crippen molar-refractivity contribution in [2.45, 2.75) is 88.1 Å². The number of esters is 3. The number of benzene rings is 2. The molecule has 0 radical (unpaired) electrons. The van der Waals surface area contributed by atoms with Crippen LogP contribution >= 0.6 is 23.2 Å².